The molecule has 1 aromatic carbocycles. The Morgan fingerprint density at radius 1 is 1.24 bits per heavy atom. The van der Waals surface area contributed by atoms with Crippen LogP contribution in [0.2, 0.25) is 5.02 Å². The fraction of sp³-hybridized carbons (Fsp3) is 0.500. The van der Waals surface area contributed by atoms with Crippen molar-refractivity contribution in [2.24, 2.45) is 5.92 Å². The molecule has 2 atom stereocenters. The molecule has 2 N–H and O–H groups in total. The molecule has 1 aliphatic carbocycles. The van der Waals surface area contributed by atoms with Gasteiger partial charge >= 0.3 is 6.03 Å². The average Bonchev–Trinajstić information content (AvgIpc) is 2.55. The Bertz CT molecular complexity index is 662. The summed E-state index contributed by atoms with van der Waals surface area (Å²) >= 11 is 5.86. The van der Waals surface area contributed by atoms with Gasteiger partial charge in [-0.1, -0.05) is 31.4 Å². The molecule has 1 saturated carbocycles. The van der Waals surface area contributed by atoms with Crippen LogP contribution in [0.25, 0.3) is 0 Å². The van der Waals surface area contributed by atoms with Gasteiger partial charge in [-0.25, -0.2) is 4.79 Å². The molecule has 25 heavy (non-hydrogen) atoms. The number of ketones is 1. The van der Waals surface area contributed by atoms with E-state index < -0.39 is 11.9 Å². The third-order valence-corrected chi connectivity index (χ3v) is 4.60. The molecule has 7 heteroatoms. The second kappa shape index (κ2) is 8.85. The molecule has 0 radical (unpaired) electrons. The molecule has 2 rings (SSSR count). The molecule has 0 spiro atoms. The number of rotatable bonds is 5. The lowest BCUT2D eigenvalue weighted by Crippen LogP contribution is -2.48. The molecular weight excluding hydrogens is 344 g/mol. The molecule has 0 saturated heterocycles. The van der Waals surface area contributed by atoms with Gasteiger partial charge in [0, 0.05) is 11.1 Å². The predicted molar refractivity (Wildman–Crippen MR) is 95.0 cm³/mol. The van der Waals surface area contributed by atoms with Crippen LogP contribution in [0, 0.1) is 5.92 Å². The van der Waals surface area contributed by atoms with Crippen LogP contribution in [-0.2, 0) is 4.79 Å². The molecule has 1 fully saturated rings. The maximum atomic E-state index is 11.9. The highest BCUT2D eigenvalue weighted by atomic mass is 35.5. The van der Waals surface area contributed by atoms with E-state index in [2.05, 4.69) is 17.6 Å². The van der Waals surface area contributed by atoms with Crippen LogP contribution in [-0.4, -0.2) is 30.4 Å². The van der Waals surface area contributed by atoms with Crippen LogP contribution < -0.4 is 15.4 Å². The van der Waals surface area contributed by atoms with Gasteiger partial charge in [0.15, 0.2) is 12.4 Å². The summed E-state index contributed by atoms with van der Waals surface area (Å²) in [5.41, 5.74) is 0.292. The minimum atomic E-state index is -0.578. The maximum Gasteiger partial charge on any atom is 0.321 e. The van der Waals surface area contributed by atoms with Crippen molar-refractivity contribution in [2.45, 2.75) is 45.6 Å². The van der Waals surface area contributed by atoms with Crippen LogP contribution in [0.3, 0.4) is 0 Å². The first-order valence-corrected chi connectivity index (χ1v) is 8.78. The predicted octanol–water partition coefficient (Wildman–Crippen LogP) is 3.33. The normalized spacial score (nSPS) is 19.8. The number of halogens is 1. The number of Topliss-reactive ketones (excluding diaryl/α,β-unsaturated/α-hetero) is 1. The van der Waals surface area contributed by atoms with E-state index in [0.717, 1.165) is 19.3 Å². The number of ether oxygens (including phenoxy) is 1. The largest absolute Gasteiger partial charge is 0.483 e. The Labute approximate surface area is 152 Å². The van der Waals surface area contributed by atoms with Gasteiger partial charge in [-0.05, 0) is 43.9 Å². The number of imide groups is 1. The topological polar surface area (TPSA) is 84.5 Å². The number of carbonyl (C=O) groups excluding carboxylic acids is 3. The standard InChI is InChI=1S/C18H23ClN2O4/c1-11-5-3-4-6-15(11)20-18(24)21-17(23)10-25-16-8-7-13(19)9-14(16)12(2)22/h7-9,11,15H,3-6,10H2,1-2H3,(H2,20,21,23,24)/t11-,15+/m0/s1. The number of nitrogens with one attached hydrogen (secondary N) is 2. The zero-order valence-corrected chi connectivity index (χ0v) is 15.2. The lowest BCUT2D eigenvalue weighted by molar-refractivity contribution is -0.122. The lowest BCUT2D eigenvalue weighted by atomic mass is 9.86. The Hall–Kier alpha value is -2.08. The Morgan fingerprint density at radius 3 is 2.64 bits per heavy atom. The van der Waals surface area contributed by atoms with Gasteiger partial charge < -0.3 is 10.1 Å². The molecule has 0 heterocycles. The number of hydrogen-bond donors (Lipinski definition) is 2. The van der Waals surface area contributed by atoms with E-state index in [1.807, 2.05) is 0 Å². The second-order valence-corrected chi connectivity index (χ2v) is 6.81. The van der Waals surface area contributed by atoms with Gasteiger partial charge in [0.2, 0.25) is 0 Å². The maximum absolute atomic E-state index is 11.9. The Morgan fingerprint density at radius 2 is 1.96 bits per heavy atom. The van der Waals surface area contributed by atoms with E-state index in [1.54, 1.807) is 6.07 Å². The molecule has 0 bridgehead atoms. The third kappa shape index (κ3) is 5.74. The fourth-order valence-corrected chi connectivity index (χ4v) is 3.12. The fourth-order valence-electron chi connectivity index (χ4n) is 2.94. The summed E-state index contributed by atoms with van der Waals surface area (Å²) in [6.07, 6.45) is 4.25. The molecule has 1 aromatic rings. The summed E-state index contributed by atoms with van der Waals surface area (Å²) < 4.78 is 5.36. The number of amides is 3. The molecule has 136 valence electrons. The summed E-state index contributed by atoms with van der Waals surface area (Å²) in [6, 6.07) is 4.14. The van der Waals surface area contributed by atoms with Crippen LogP contribution in [0.5, 0.6) is 5.75 Å². The van der Waals surface area contributed by atoms with Gasteiger partial charge in [0.05, 0.1) is 5.56 Å². The first kappa shape index (κ1) is 19.2. The minimum Gasteiger partial charge on any atom is -0.483 e. The van der Waals surface area contributed by atoms with Crippen LogP contribution in [0.4, 0.5) is 4.79 Å². The summed E-state index contributed by atoms with van der Waals surface area (Å²) in [6.45, 7) is 3.12. The summed E-state index contributed by atoms with van der Waals surface area (Å²) in [4.78, 5) is 35.4. The van der Waals surface area contributed by atoms with Crippen LogP contribution in [0.1, 0.15) is 49.9 Å². The van der Waals surface area contributed by atoms with E-state index in [9.17, 15) is 14.4 Å². The van der Waals surface area contributed by atoms with Crippen LogP contribution in [0.15, 0.2) is 18.2 Å². The van der Waals surface area contributed by atoms with Gasteiger partial charge in [0.25, 0.3) is 5.91 Å². The number of hydrogen-bond acceptors (Lipinski definition) is 4. The van der Waals surface area contributed by atoms with Crippen molar-refractivity contribution in [1.82, 2.24) is 10.6 Å². The highest BCUT2D eigenvalue weighted by Gasteiger charge is 2.23. The zero-order chi connectivity index (χ0) is 18.4. The number of urea groups is 1. The van der Waals surface area contributed by atoms with Gasteiger partial charge in [-0.3, -0.25) is 14.9 Å². The monoisotopic (exact) mass is 366 g/mol. The van der Waals surface area contributed by atoms with Gasteiger partial charge in [0.1, 0.15) is 5.75 Å². The molecule has 1 aliphatic rings. The first-order valence-electron chi connectivity index (χ1n) is 8.40. The molecule has 3 amide bonds. The Kier molecular flexibility index (Phi) is 6.82. The molecular formula is C18H23ClN2O4. The lowest BCUT2D eigenvalue weighted by Gasteiger charge is -2.29. The van der Waals surface area contributed by atoms with E-state index in [1.165, 1.54) is 25.5 Å². The van der Waals surface area contributed by atoms with Crippen molar-refractivity contribution in [3.05, 3.63) is 28.8 Å². The zero-order valence-electron chi connectivity index (χ0n) is 14.4. The summed E-state index contributed by atoms with van der Waals surface area (Å²) in [5.74, 6) is -0.140. The Balaban J connectivity index is 1.84. The number of carbonyl (C=O) groups is 3. The van der Waals surface area contributed by atoms with Crippen molar-refractivity contribution in [3.8, 4) is 5.75 Å². The molecule has 0 unspecified atom stereocenters. The molecule has 0 aromatic heterocycles. The van der Waals surface area contributed by atoms with Crippen molar-refractivity contribution in [1.29, 1.82) is 0 Å². The van der Waals surface area contributed by atoms with Crippen molar-refractivity contribution >= 4 is 29.3 Å². The number of benzene rings is 1. The average molecular weight is 367 g/mol. The van der Waals surface area contributed by atoms with E-state index >= 15 is 0 Å². The van der Waals surface area contributed by atoms with Crippen molar-refractivity contribution in [3.63, 3.8) is 0 Å². The van der Waals surface area contributed by atoms with E-state index in [4.69, 9.17) is 16.3 Å². The SMILES string of the molecule is CC(=O)c1cc(Cl)ccc1OCC(=O)NC(=O)N[C@@H]1CCCC[C@@H]1C. The first-order chi connectivity index (χ1) is 11.9. The van der Waals surface area contributed by atoms with E-state index in [-0.39, 0.29) is 24.2 Å². The molecule has 6 nitrogen and oxygen atoms in total. The quantitative estimate of drug-likeness (QED) is 0.783. The van der Waals surface area contributed by atoms with Gasteiger partial charge in [-0.2, -0.15) is 0 Å². The van der Waals surface area contributed by atoms with Crippen molar-refractivity contribution in [2.75, 3.05) is 6.61 Å². The summed E-state index contributed by atoms with van der Waals surface area (Å²) in [7, 11) is 0. The summed E-state index contributed by atoms with van der Waals surface area (Å²) in [5, 5.41) is 5.50. The van der Waals surface area contributed by atoms with Gasteiger partial charge in [-0.15, -0.1) is 0 Å². The minimum absolute atomic E-state index is 0.0862. The third-order valence-electron chi connectivity index (χ3n) is 4.36. The highest BCUT2D eigenvalue weighted by Crippen LogP contribution is 2.24. The molecule has 0 aliphatic heterocycles. The van der Waals surface area contributed by atoms with Crippen molar-refractivity contribution < 1.29 is 19.1 Å². The smallest absolute Gasteiger partial charge is 0.321 e. The highest BCUT2D eigenvalue weighted by molar-refractivity contribution is 6.31. The second-order valence-electron chi connectivity index (χ2n) is 6.38. The van der Waals surface area contributed by atoms with E-state index in [0.29, 0.717) is 16.5 Å². The van der Waals surface area contributed by atoms with Crippen LogP contribution >= 0.6 is 11.6 Å².